The van der Waals surface area contributed by atoms with Crippen LogP contribution in [0.2, 0.25) is 0 Å². The molecule has 0 aromatic heterocycles. The van der Waals surface area contributed by atoms with Gasteiger partial charge in [0.1, 0.15) is 12.0 Å². The molecule has 0 bridgehead atoms. The van der Waals surface area contributed by atoms with E-state index in [-0.39, 0.29) is 0 Å². The molecule has 2 rings (SSSR count). The predicted molar refractivity (Wildman–Crippen MR) is 81.9 cm³/mol. The van der Waals surface area contributed by atoms with Crippen LogP contribution in [0.1, 0.15) is 5.56 Å². The monoisotopic (exact) mass is 267 g/mol. The van der Waals surface area contributed by atoms with E-state index < -0.39 is 0 Å². The van der Waals surface area contributed by atoms with Crippen molar-refractivity contribution in [3.8, 4) is 5.75 Å². The number of para-hydroxylation sites is 1. The van der Waals surface area contributed by atoms with Gasteiger partial charge in [-0.15, -0.1) is 0 Å². The van der Waals surface area contributed by atoms with Crippen LogP contribution in [0, 0.1) is 0 Å². The number of hydrogen-bond acceptors (Lipinski definition) is 3. The Morgan fingerprint density at radius 1 is 1.05 bits per heavy atom. The molecule has 0 N–H and O–H groups in total. The van der Waals surface area contributed by atoms with Crippen molar-refractivity contribution >= 4 is 17.7 Å². The van der Waals surface area contributed by atoms with E-state index in [1.54, 1.807) is 13.2 Å². The highest BCUT2D eigenvalue weighted by molar-refractivity contribution is 5.88. The van der Waals surface area contributed by atoms with Crippen molar-refractivity contribution in [1.29, 1.82) is 0 Å². The number of rotatable bonds is 5. The normalized spacial score (nSPS) is 11.0. The second-order valence-corrected chi connectivity index (χ2v) is 4.31. The van der Waals surface area contributed by atoms with Gasteiger partial charge >= 0.3 is 0 Å². The first-order chi connectivity index (χ1) is 9.76. The van der Waals surface area contributed by atoms with Crippen molar-refractivity contribution in [2.24, 2.45) is 0 Å². The van der Waals surface area contributed by atoms with Gasteiger partial charge in [0.15, 0.2) is 0 Å². The fourth-order valence-corrected chi connectivity index (χ4v) is 2.02. The number of carbonyl (C=O) groups is 1. The average Bonchev–Trinajstić information content (AvgIpc) is 2.53. The lowest BCUT2D eigenvalue weighted by molar-refractivity contribution is -0.104. The first-order valence-corrected chi connectivity index (χ1v) is 6.35. The Morgan fingerprint density at radius 3 is 2.25 bits per heavy atom. The Balaban J connectivity index is 2.36. The zero-order chi connectivity index (χ0) is 14.4. The molecule has 20 heavy (non-hydrogen) atoms. The number of carbonyl (C=O) groups excluding carboxylic acids is 1. The second-order valence-electron chi connectivity index (χ2n) is 4.31. The number of aldehydes is 1. The van der Waals surface area contributed by atoms with Gasteiger partial charge in [-0.25, -0.2) is 0 Å². The van der Waals surface area contributed by atoms with Crippen LogP contribution in [0.25, 0.3) is 5.70 Å². The quantitative estimate of drug-likeness (QED) is 0.614. The number of allylic oxidation sites excluding steroid dienone is 1. The summed E-state index contributed by atoms with van der Waals surface area (Å²) in [4.78, 5) is 12.9. The average molecular weight is 267 g/mol. The number of benzene rings is 2. The lowest BCUT2D eigenvalue weighted by Crippen LogP contribution is -2.15. The Hall–Kier alpha value is -2.55. The third-order valence-corrected chi connectivity index (χ3v) is 3.12. The van der Waals surface area contributed by atoms with E-state index in [0.29, 0.717) is 0 Å². The first-order valence-electron chi connectivity index (χ1n) is 6.35. The molecular formula is C17H17NO2. The van der Waals surface area contributed by atoms with E-state index in [1.165, 1.54) is 0 Å². The van der Waals surface area contributed by atoms with E-state index in [1.807, 2.05) is 66.5 Å². The van der Waals surface area contributed by atoms with Crippen molar-refractivity contribution in [2.45, 2.75) is 0 Å². The van der Waals surface area contributed by atoms with Crippen molar-refractivity contribution in [2.75, 3.05) is 19.1 Å². The van der Waals surface area contributed by atoms with Gasteiger partial charge in [-0.2, -0.15) is 0 Å². The maximum Gasteiger partial charge on any atom is 0.144 e. The SMILES string of the molecule is COc1ccc(/C(=C\C=O)N(C)c2ccccc2)cc1. The van der Waals surface area contributed by atoms with Crippen LogP contribution in [-0.4, -0.2) is 20.4 Å². The molecule has 0 aliphatic carbocycles. The minimum Gasteiger partial charge on any atom is -0.497 e. The summed E-state index contributed by atoms with van der Waals surface area (Å²) in [7, 11) is 3.57. The van der Waals surface area contributed by atoms with E-state index in [2.05, 4.69) is 0 Å². The molecule has 0 aliphatic rings. The fraction of sp³-hybridized carbons (Fsp3) is 0.118. The summed E-state index contributed by atoms with van der Waals surface area (Å²) in [5.41, 5.74) is 2.83. The lowest BCUT2D eigenvalue weighted by atomic mass is 10.1. The van der Waals surface area contributed by atoms with Crippen LogP contribution in [0.15, 0.2) is 60.7 Å². The highest BCUT2D eigenvalue weighted by atomic mass is 16.5. The summed E-state index contributed by atoms with van der Waals surface area (Å²) in [5, 5.41) is 0. The van der Waals surface area contributed by atoms with Crippen LogP contribution in [-0.2, 0) is 4.79 Å². The van der Waals surface area contributed by atoms with Gasteiger partial charge in [-0.3, -0.25) is 4.79 Å². The molecule has 0 unspecified atom stereocenters. The van der Waals surface area contributed by atoms with Crippen LogP contribution in [0.5, 0.6) is 5.75 Å². The molecule has 0 fully saturated rings. The highest BCUT2D eigenvalue weighted by Crippen LogP contribution is 2.25. The Morgan fingerprint density at radius 2 is 1.70 bits per heavy atom. The topological polar surface area (TPSA) is 29.5 Å². The van der Waals surface area contributed by atoms with Crippen LogP contribution in [0.3, 0.4) is 0 Å². The van der Waals surface area contributed by atoms with Gasteiger partial charge in [-0.05, 0) is 42.0 Å². The van der Waals surface area contributed by atoms with E-state index in [4.69, 9.17) is 4.74 Å². The lowest BCUT2D eigenvalue weighted by Gasteiger charge is -2.22. The third-order valence-electron chi connectivity index (χ3n) is 3.12. The van der Waals surface area contributed by atoms with Crippen molar-refractivity contribution < 1.29 is 9.53 Å². The first kappa shape index (κ1) is 13.9. The third kappa shape index (κ3) is 3.06. The zero-order valence-corrected chi connectivity index (χ0v) is 11.6. The Kier molecular flexibility index (Phi) is 4.56. The molecule has 0 atom stereocenters. The molecule has 0 amide bonds. The molecule has 0 saturated heterocycles. The Labute approximate surface area is 119 Å². The van der Waals surface area contributed by atoms with Gasteiger partial charge in [-0.1, -0.05) is 18.2 Å². The van der Waals surface area contributed by atoms with E-state index in [9.17, 15) is 4.79 Å². The number of hydrogen-bond donors (Lipinski definition) is 0. The van der Waals surface area contributed by atoms with Crippen molar-refractivity contribution in [1.82, 2.24) is 0 Å². The summed E-state index contributed by atoms with van der Waals surface area (Å²) in [6.07, 6.45) is 2.37. The van der Waals surface area contributed by atoms with E-state index in [0.717, 1.165) is 29.0 Å². The maximum absolute atomic E-state index is 10.9. The summed E-state index contributed by atoms with van der Waals surface area (Å²) in [6.45, 7) is 0. The summed E-state index contributed by atoms with van der Waals surface area (Å²) in [6, 6.07) is 17.6. The number of ether oxygens (including phenoxy) is 1. The number of methoxy groups -OCH3 is 1. The highest BCUT2D eigenvalue weighted by Gasteiger charge is 2.09. The summed E-state index contributed by atoms with van der Waals surface area (Å²) >= 11 is 0. The fourth-order valence-electron chi connectivity index (χ4n) is 2.02. The minimum atomic E-state index is 0.793. The molecule has 2 aromatic carbocycles. The molecule has 2 aromatic rings. The molecule has 0 heterocycles. The molecule has 0 radical (unpaired) electrons. The predicted octanol–water partition coefficient (Wildman–Crippen LogP) is 3.37. The molecule has 0 saturated carbocycles. The Bertz CT molecular complexity index is 588. The van der Waals surface area contributed by atoms with Gasteiger partial charge < -0.3 is 9.64 Å². The second kappa shape index (κ2) is 6.57. The standard InChI is InChI=1S/C17H17NO2/c1-18(15-6-4-3-5-7-15)17(12-13-19)14-8-10-16(20-2)11-9-14/h3-13H,1-2H3/b17-12+. The van der Waals surface area contributed by atoms with Crippen molar-refractivity contribution in [3.05, 3.63) is 66.2 Å². The van der Waals surface area contributed by atoms with Crippen LogP contribution in [0.4, 0.5) is 5.69 Å². The number of anilines is 1. The summed E-state index contributed by atoms with van der Waals surface area (Å²) < 4.78 is 5.15. The van der Waals surface area contributed by atoms with Gasteiger partial charge in [0.05, 0.1) is 12.8 Å². The van der Waals surface area contributed by atoms with E-state index >= 15 is 0 Å². The summed E-state index contributed by atoms with van der Waals surface area (Å²) in [5.74, 6) is 0.793. The molecular weight excluding hydrogens is 250 g/mol. The molecule has 0 spiro atoms. The zero-order valence-electron chi connectivity index (χ0n) is 11.6. The molecule has 3 nitrogen and oxygen atoms in total. The van der Waals surface area contributed by atoms with Crippen LogP contribution < -0.4 is 9.64 Å². The molecule has 0 aliphatic heterocycles. The van der Waals surface area contributed by atoms with Gasteiger partial charge in [0.25, 0.3) is 0 Å². The van der Waals surface area contributed by atoms with Crippen molar-refractivity contribution in [3.63, 3.8) is 0 Å². The smallest absolute Gasteiger partial charge is 0.144 e. The van der Waals surface area contributed by atoms with Gasteiger partial charge in [0.2, 0.25) is 0 Å². The maximum atomic E-state index is 10.9. The molecule has 102 valence electrons. The largest absolute Gasteiger partial charge is 0.497 e. The van der Waals surface area contributed by atoms with Gasteiger partial charge in [0, 0.05) is 18.8 Å². The minimum absolute atomic E-state index is 0.793. The number of nitrogens with zero attached hydrogens (tertiary/aromatic N) is 1. The molecule has 3 heteroatoms. The van der Waals surface area contributed by atoms with Crippen LogP contribution >= 0.6 is 0 Å².